The van der Waals surface area contributed by atoms with Crippen molar-refractivity contribution in [1.82, 2.24) is 0 Å². The molecule has 0 aliphatic heterocycles. The molecule has 0 radical (unpaired) electrons. The van der Waals surface area contributed by atoms with Gasteiger partial charge in [-0.2, -0.15) is 0 Å². The smallest absolute Gasteiger partial charge is 0.270 e. The summed E-state index contributed by atoms with van der Waals surface area (Å²) in [7, 11) is -4.22. The number of nitro groups is 1. The number of nitro benzene ring substituents is 1. The van der Waals surface area contributed by atoms with E-state index in [1.807, 2.05) is 6.07 Å². The molecule has 0 saturated carbocycles. The van der Waals surface area contributed by atoms with Gasteiger partial charge in [0.05, 0.1) is 15.5 Å². The molecule has 0 aromatic heterocycles. The summed E-state index contributed by atoms with van der Waals surface area (Å²) in [5.74, 6) is 0. The molecular weight excluding hydrogens is 368 g/mol. The van der Waals surface area contributed by atoms with Crippen LogP contribution < -0.4 is 4.31 Å². The first-order valence-corrected chi connectivity index (χ1v) is 8.97. The monoisotopic (exact) mass is 382 g/mol. The van der Waals surface area contributed by atoms with Crippen LogP contribution >= 0.6 is 11.6 Å². The molecule has 0 atom stereocenters. The van der Waals surface area contributed by atoms with Crippen LogP contribution in [0.15, 0.2) is 47.4 Å². The van der Waals surface area contributed by atoms with Crippen LogP contribution in [-0.4, -0.2) is 25.1 Å². The van der Waals surface area contributed by atoms with Crippen LogP contribution in [0.4, 0.5) is 11.4 Å². The second-order valence-electron chi connectivity index (χ2n) is 5.47. The summed E-state index contributed by atoms with van der Waals surface area (Å²) in [6.07, 6.45) is 0. The lowest BCUT2D eigenvalue weighted by Crippen LogP contribution is -2.34. The highest BCUT2D eigenvalue weighted by Crippen LogP contribution is 2.27. The Kier molecular flexibility index (Phi) is 5.44. The average Bonchev–Trinajstić information content (AvgIpc) is 2.51. The van der Waals surface area contributed by atoms with E-state index in [2.05, 4.69) is 0 Å². The average molecular weight is 383 g/mol. The predicted octanol–water partition coefficient (Wildman–Crippen LogP) is 3.17. The van der Waals surface area contributed by atoms with Crippen molar-refractivity contribution in [2.45, 2.75) is 18.7 Å². The summed E-state index contributed by atoms with van der Waals surface area (Å²) in [5.41, 5.74) is 1.50. The zero-order valence-corrected chi connectivity index (χ0v) is 15.0. The maximum Gasteiger partial charge on any atom is 0.270 e. The number of halogens is 1. The van der Waals surface area contributed by atoms with Crippen LogP contribution in [0, 0.1) is 24.0 Å². The molecule has 0 N–H and O–H groups in total. The molecule has 0 aliphatic carbocycles. The van der Waals surface area contributed by atoms with Gasteiger partial charge in [0.2, 0.25) is 5.24 Å². The number of carbonyl (C=O) groups is 1. The second kappa shape index (κ2) is 7.20. The topological polar surface area (TPSA) is 97.6 Å². The second-order valence-corrected chi connectivity index (χ2v) is 7.75. The molecule has 0 unspecified atom stereocenters. The van der Waals surface area contributed by atoms with Crippen molar-refractivity contribution in [3.05, 3.63) is 63.7 Å². The van der Waals surface area contributed by atoms with Crippen molar-refractivity contribution in [3.8, 4) is 0 Å². The highest BCUT2D eigenvalue weighted by Gasteiger charge is 2.28. The SMILES string of the molecule is Cc1cc(C)cc(N(CC(=O)Cl)S(=O)(=O)c2cccc([N+](=O)[O-])c2)c1. The number of benzene rings is 2. The van der Waals surface area contributed by atoms with Gasteiger partial charge in [0.25, 0.3) is 15.7 Å². The molecule has 132 valence electrons. The van der Waals surface area contributed by atoms with Crippen LogP contribution in [0.1, 0.15) is 11.1 Å². The van der Waals surface area contributed by atoms with Gasteiger partial charge < -0.3 is 0 Å². The van der Waals surface area contributed by atoms with Gasteiger partial charge in [-0.15, -0.1) is 0 Å². The summed E-state index contributed by atoms with van der Waals surface area (Å²) in [4.78, 5) is 21.3. The predicted molar refractivity (Wildman–Crippen MR) is 94.4 cm³/mol. The number of hydrogen-bond donors (Lipinski definition) is 0. The molecule has 0 fully saturated rings. The Morgan fingerprint density at radius 3 is 2.28 bits per heavy atom. The largest absolute Gasteiger partial charge is 0.279 e. The Morgan fingerprint density at radius 1 is 1.16 bits per heavy atom. The van der Waals surface area contributed by atoms with Crippen LogP contribution in [0.3, 0.4) is 0 Å². The molecule has 2 aromatic carbocycles. The lowest BCUT2D eigenvalue weighted by molar-refractivity contribution is -0.385. The number of rotatable bonds is 6. The van der Waals surface area contributed by atoms with Gasteiger partial charge in [0, 0.05) is 12.1 Å². The summed E-state index contributed by atoms with van der Waals surface area (Å²) < 4.78 is 26.8. The van der Waals surface area contributed by atoms with Crippen LogP contribution in [0.25, 0.3) is 0 Å². The van der Waals surface area contributed by atoms with Crippen LogP contribution in [0.2, 0.25) is 0 Å². The summed E-state index contributed by atoms with van der Waals surface area (Å²) in [6, 6.07) is 9.69. The minimum atomic E-state index is -4.22. The summed E-state index contributed by atoms with van der Waals surface area (Å²) >= 11 is 5.42. The normalized spacial score (nSPS) is 11.2. The van der Waals surface area contributed by atoms with Gasteiger partial charge in [-0.25, -0.2) is 8.42 Å². The first-order valence-electron chi connectivity index (χ1n) is 7.15. The van der Waals surface area contributed by atoms with Gasteiger partial charge in [-0.3, -0.25) is 19.2 Å². The zero-order chi connectivity index (χ0) is 18.8. The van der Waals surface area contributed by atoms with Gasteiger partial charge in [-0.05, 0) is 54.8 Å². The van der Waals surface area contributed by atoms with Crippen molar-refractivity contribution in [2.75, 3.05) is 10.8 Å². The van der Waals surface area contributed by atoms with Crippen molar-refractivity contribution in [3.63, 3.8) is 0 Å². The number of aryl methyl sites for hydroxylation is 2. The highest BCUT2D eigenvalue weighted by molar-refractivity contribution is 7.92. The van der Waals surface area contributed by atoms with Crippen LogP contribution in [0.5, 0.6) is 0 Å². The Hall–Kier alpha value is -2.45. The van der Waals surface area contributed by atoms with Gasteiger partial charge in [-0.1, -0.05) is 12.1 Å². The third-order valence-electron chi connectivity index (χ3n) is 3.38. The van der Waals surface area contributed by atoms with E-state index < -0.39 is 26.7 Å². The van der Waals surface area contributed by atoms with E-state index in [4.69, 9.17) is 11.6 Å². The van der Waals surface area contributed by atoms with Gasteiger partial charge in [0.15, 0.2) is 0 Å². The number of anilines is 1. The Bertz CT molecular complexity index is 923. The molecule has 0 bridgehead atoms. The standard InChI is InChI=1S/C16H15ClN2O5S/c1-11-6-12(2)8-14(7-11)18(10-16(17)20)25(23,24)15-5-3-4-13(9-15)19(21)22/h3-9H,10H2,1-2H3. The maximum absolute atomic E-state index is 13.0. The number of non-ortho nitro benzene ring substituents is 1. The maximum atomic E-state index is 13.0. The molecular formula is C16H15ClN2O5S. The Labute approximate surface area is 150 Å². The summed E-state index contributed by atoms with van der Waals surface area (Å²) in [6.45, 7) is 2.99. The van der Waals surface area contributed by atoms with Crippen molar-refractivity contribution >= 4 is 38.2 Å². The van der Waals surface area contributed by atoms with E-state index in [1.54, 1.807) is 26.0 Å². The van der Waals surface area contributed by atoms with Crippen molar-refractivity contribution in [1.29, 1.82) is 0 Å². The first kappa shape index (κ1) is 18.9. The molecule has 0 amide bonds. The fourth-order valence-corrected chi connectivity index (χ4v) is 4.04. The molecule has 0 heterocycles. The summed E-state index contributed by atoms with van der Waals surface area (Å²) in [5, 5.41) is 10.0. The third-order valence-corrected chi connectivity index (χ3v) is 5.27. The van der Waals surface area contributed by atoms with E-state index in [9.17, 15) is 23.3 Å². The highest BCUT2D eigenvalue weighted by atomic mass is 35.5. The van der Waals surface area contributed by atoms with E-state index in [0.717, 1.165) is 21.5 Å². The molecule has 0 spiro atoms. The van der Waals surface area contributed by atoms with Gasteiger partial charge >= 0.3 is 0 Å². The lowest BCUT2D eigenvalue weighted by Gasteiger charge is -2.23. The Balaban J connectivity index is 2.62. The fourth-order valence-electron chi connectivity index (χ4n) is 2.41. The number of sulfonamides is 1. The minimum absolute atomic E-state index is 0.262. The third kappa shape index (κ3) is 4.34. The molecule has 9 heteroatoms. The molecule has 0 saturated heterocycles. The van der Waals surface area contributed by atoms with Crippen molar-refractivity contribution < 1.29 is 18.1 Å². The quantitative estimate of drug-likeness (QED) is 0.434. The number of carbonyl (C=O) groups excluding carboxylic acids is 1. The van der Waals surface area contributed by atoms with Crippen molar-refractivity contribution in [2.24, 2.45) is 0 Å². The van der Waals surface area contributed by atoms with E-state index in [1.165, 1.54) is 18.2 Å². The molecule has 0 aliphatic rings. The van der Waals surface area contributed by atoms with E-state index >= 15 is 0 Å². The fraction of sp³-hybridized carbons (Fsp3) is 0.188. The van der Waals surface area contributed by atoms with Gasteiger partial charge in [0.1, 0.15) is 6.54 Å². The zero-order valence-electron chi connectivity index (χ0n) is 13.5. The lowest BCUT2D eigenvalue weighted by atomic mass is 10.1. The molecule has 2 rings (SSSR count). The van der Waals surface area contributed by atoms with E-state index in [-0.39, 0.29) is 16.3 Å². The molecule has 2 aromatic rings. The first-order chi connectivity index (χ1) is 11.6. The number of nitrogens with zero attached hydrogens (tertiary/aromatic N) is 2. The minimum Gasteiger partial charge on any atom is -0.279 e. The molecule has 7 nitrogen and oxygen atoms in total. The number of hydrogen-bond acceptors (Lipinski definition) is 5. The molecule has 25 heavy (non-hydrogen) atoms. The van der Waals surface area contributed by atoms with E-state index in [0.29, 0.717) is 0 Å². The Morgan fingerprint density at radius 2 is 1.76 bits per heavy atom. The van der Waals surface area contributed by atoms with Crippen LogP contribution in [-0.2, 0) is 14.8 Å².